The Labute approximate surface area is 135 Å². The van der Waals surface area contributed by atoms with Crippen molar-refractivity contribution in [1.29, 1.82) is 0 Å². The fourth-order valence-electron chi connectivity index (χ4n) is 2.82. The normalized spacial score (nSPS) is 28.0. The molecule has 1 aliphatic carbocycles. The molecular weight excluding hydrogens is 324 g/mol. The summed E-state index contributed by atoms with van der Waals surface area (Å²) in [5.41, 5.74) is 0. The summed E-state index contributed by atoms with van der Waals surface area (Å²) in [6.45, 7) is 1.97. The summed E-state index contributed by atoms with van der Waals surface area (Å²) >= 11 is 0. The minimum Gasteiger partial charge on any atom is -0.469 e. The number of hydrogen-bond acceptors (Lipinski definition) is 6. The van der Waals surface area contributed by atoms with Crippen LogP contribution < -0.4 is 5.32 Å². The number of hydrogen-bond donors (Lipinski definition) is 1. The summed E-state index contributed by atoms with van der Waals surface area (Å²) in [5.74, 6) is -1.82. The third kappa shape index (κ3) is 4.43. The van der Waals surface area contributed by atoms with Gasteiger partial charge in [0.25, 0.3) is 0 Å². The molecule has 1 saturated carbocycles. The largest absolute Gasteiger partial charge is 0.469 e. The molecule has 0 unspecified atom stereocenters. The molecule has 1 N–H and O–H groups in total. The Kier molecular flexibility index (Phi) is 5.28. The minimum atomic E-state index is -3.06. The van der Waals surface area contributed by atoms with Crippen molar-refractivity contribution in [2.24, 2.45) is 11.8 Å². The van der Waals surface area contributed by atoms with Gasteiger partial charge in [0, 0.05) is 12.6 Å². The maximum Gasteiger partial charge on any atom is 0.309 e. The van der Waals surface area contributed by atoms with Gasteiger partial charge in [0.05, 0.1) is 37.0 Å². The van der Waals surface area contributed by atoms with Gasteiger partial charge in [0.1, 0.15) is 0 Å². The lowest BCUT2D eigenvalue weighted by molar-refractivity contribution is -0.145. The molecule has 0 bridgehead atoms. The Morgan fingerprint density at radius 2 is 1.96 bits per heavy atom. The number of methoxy groups -OCH3 is 1. The number of rotatable bonds is 6. The molecule has 9 heteroatoms. The van der Waals surface area contributed by atoms with Crippen LogP contribution in [0.5, 0.6) is 0 Å². The molecule has 0 spiro atoms. The monoisotopic (exact) mass is 346 g/mol. The first-order chi connectivity index (χ1) is 10.8. The van der Waals surface area contributed by atoms with Gasteiger partial charge in [-0.3, -0.25) is 14.4 Å². The van der Waals surface area contributed by atoms with E-state index in [0.29, 0.717) is 19.4 Å². The smallest absolute Gasteiger partial charge is 0.309 e. The number of carbonyl (C=O) groups is 3. The van der Waals surface area contributed by atoms with Crippen molar-refractivity contribution in [2.75, 3.05) is 31.7 Å². The first-order valence-corrected chi connectivity index (χ1v) is 9.46. The predicted molar refractivity (Wildman–Crippen MR) is 81.1 cm³/mol. The van der Waals surface area contributed by atoms with E-state index in [2.05, 4.69) is 10.1 Å². The second-order valence-electron chi connectivity index (χ2n) is 5.99. The molecule has 2 fully saturated rings. The molecule has 2 aliphatic rings. The van der Waals surface area contributed by atoms with Crippen LogP contribution in [-0.4, -0.2) is 68.8 Å². The highest BCUT2D eigenvalue weighted by Gasteiger charge is 2.50. The number of ether oxygens (including phenoxy) is 1. The SMILES string of the molecule is CCN(CC(=O)N[C@@H]1CCS(=O)(=O)C1)C(=O)[C@@H]1C[C@H]1C(=O)OC. The maximum atomic E-state index is 12.3. The van der Waals surface area contributed by atoms with Crippen molar-refractivity contribution in [3.63, 3.8) is 0 Å². The maximum absolute atomic E-state index is 12.3. The lowest BCUT2D eigenvalue weighted by Crippen LogP contribution is -2.45. The molecule has 0 aromatic carbocycles. The van der Waals surface area contributed by atoms with Crippen molar-refractivity contribution in [3.8, 4) is 0 Å². The molecular formula is C14H22N2O6S. The molecule has 0 radical (unpaired) electrons. The highest BCUT2D eigenvalue weighted by atomic mass is 32.2. The lowest BCUT2D eigenvalue weighted by Gasteiger charge is -2.21. The fourth-order valence-corrected chi connectivity index (χ4v) is 4.49. The number of sulfone groups is 1. The predicted octanol–water partition coefficient (Wildman–Crippen LogP) is -1.05. The number of amides is 2. The van der Waals surface area contributed by atoms with E-state index < -0.39 is 27.6 Å². The first kappa shape index (κ1) is 17.7. The second-order valence-corrected chi connectivity index (χ2v) is 8.22. The van der Waals surface area contributed by atoms with E-state index in [4.69, 9.17) is 0 Å². The Hall–Kier alpha value is -1.64. The van der Waals surface area contributed by atoms with E-state index in [9.17, 15) is 22.8 Å². The van der Waals surface area contributed by atoms with Gasteiger partial charge in [0.2, 0.25) is 11.8 Å². The molecule has 2 amide bonds. The number of nitrogens with one attached hydrogen (secondary N) is 1. The molecule has 1 saturated heterocycles. The third-order valence-electron chi connectivity index (χ3n) is 4.24. The summed E-state index contributed by atoms with van der Waals surface area (Å²) in [6, 6.07) is -0.384. The topological polar surface area (TPSA) is 110 Å². The molecule has 2 rings (SSSR count). The minimum absolute atomic E-state index is 0.0498. The fraction of sp³-hybridized carbons (Fsp3) is 0.786. The van der Waals surface area contributed by atoms with E-state index >= 15 is 0 Å². The Morgan fingerprint density at radius 1 is 1.26 bits per heavy atom. The van der Waals surface area contributed by atoms with Gasteiger partial charge in [-0.1, -0.05) is 0 Å². The first-order valence-electron chi connectivity index (χ1n) is 7.63. The summed E-state index contributed by atoms with van der Waals surface area (Å²) in [4.78, 5) is 37.1. The average Bonchev–Trinajstić information content (AvgIpc) is 3.22. The molecule has 1 aliphatic heterocycles. The summed E-state index contributed by atoms with van der Waals surface area (Å²) in [6.07, 6.45) is 0.853. The van der Waals surface area contributed by atoms with E-state index in [1.54, 1.807) is 6.92 Å². The van der Waals surface area contributed by atoms with Gasteiger partial charge in [0.15, 0.2) is 9.84 Å². The van der Waals surface area contributed by atoms with Crippen LogP contribution in [0.3, 0.4) is 0 Å². The van der Waals surface area contributed by atoms with E-state index in [0.717, 1.165) is 0 Å². The van der Waals surface area contributed by atoms with Crippen LogP contribution >= 0.6 is 0 Å². The molecule has 0 aromatic heterocycles. The van der Waals surface area contributed by atoms with E-state index in [-0.39, 0.29) is 35.9 Å². The highest BCUT2D eigenvalue weighted by molar-refractivity contribution is 7.91. The zero-order chi connectivity index (χ0) is 17.2. The van der Waals surface area contributed by atoms with Crippen LogP contribution in [-0.2, 0) is 29.0 Å². The van der Waals surface area contributed by atoms with Crippen molar-refractivity contribution < 1.29 is 27.5 Å². The lowest BCUT2D eigenvalue weighted by atomic mass is 10.2. The summed E-state index contributed by atoms with van der Waals surface area (Å²) in [7, 11) is -1.78. The highest BCUT2D eigenvalue weighted by Crippen LogP contribution is 2.40. The van der Waals surface area contributed by atoms with Crippen molar-refractivity contribution in [3.05, 3.63) is 0 Å². The summed E-state index contributed by atoms with van der Waals surface area (Å²) < 4.78 is 27.4. The molecule has 1 heterocycles. The molecule has 3 atom stereocenters. The third-order valence-corrected chi connectivity index (χ3v) is 6.00. The van der Waals surface area contributed by atoms with Gasteiger partial charge in [-0.2, -0.15) is 0 Å². The zero-order valence-corrected chi connectivity index (χ0v) is 14.1. The van der Waals surface area contributed by atoms with Gasteiger partial charge in [-0.15, -0.1) is 0 Å². The van der Waals surface area contributed by atoms with Crippen molar-refractivity contribution >= 4 is 27.6 Å². The summed E-state index contributed by atoms with van der Waals surface area (Å²) in [5, 5.41) is 2.66. The Morgan fingerprint density at radius 3 is 2.48 bits per heavy atom. The second kappa shape index (κ2) is 6.86. The quantitative estimate of drug-likeness (QED) is 0.615. The molecule has 130 valence electrons. The van der Waals surface area contributed by atoms with Gasteiger partial charge >= 0.3 is 5.97 Å². The van der Waals surface area contributed by atoms with Crippen LogP contribution in [0, 0.1) is 11.8 Å². The van der Waals surface area contributed by atoms with Crippen LogP contribution in [0.1, 0.15) is 19.8 Å². The van der Waals surface area contributed by atoms with Crippen molar-refractivity contribution in [1.82, 2.24) is 10.2 Å². The Bertz CT molecular complexity index is 602. The zero-order valence-electron chi connectivity index (χ0n) is 13.3. The van der Waals surface area contributed by atoms with Crippen LogP contribution in [0.15, 0.2) is 0 Å². The average molecular weight is 346 g/mol. The Balaban J connectivity index is 1.84. The van der Waals surface area contributed by atoms with Gasteiger partial charge in [-0.05, 0) is 19.8 Å². The number of nitrogens with zero attached hydrogens (tertiary/aromatic N) is 1. The van der Waals surface area contributed by atoms with Crippen LogP contribution in [0.4, 0.5) is 0 Å². The number of esters is 1. The standard InChI is InChI=1S/C14H22N2O6S/c1-3-16(13(18)10-6-11(10)14(19)22-2)7-12(17)15-9-4-5-23(20,21)8-9/h9-11H,3-8H2,1-2H3,(H,15,17)/t9-,10-,11-/m1/s1. The van der Waals surface area contributed by atoms with Crippen LogP contribution in [0.25, 0.3) is 0 Å². The van der Waals surface area contributed by atoms with Crippen LogP contribution in [0.2, 0.25) is 0 Å². The molecule has 0 aromatic rings. The number of likely N-dealkylation sites (N-methyl/N-ethyl adjacent to an activating group) is 1. The number of carbonyl (C=O) groups excluding carboxylic acids is 3. The van der Waals surface area contributed by atoms with E-state index in [1.165, 1.54) is 12.0 Å². The molecule has 23 heavy (non-hydrogen) atoms. The molecule has 8 nitrogen and oxygen atoms in total. The van der Waals surface area contributed by atoms with E-state index in [1.807, 2.05) is 0 Å². The van der Waals surface area contributed by atoms with Crippen molar-refractivity contribution in [2.45, 2.75) is 25.8 Å². The van der Waals surface area contributed by atoms with Gasteiger partial charge < -0.3 is 15.0 Å². The van der Waals surface area contributed by atoms with Gasteiger partial charge in [-0.25, -0.2) is 8.42 Å².